The Morgan fingerprint density at radius 3 is 1.16 bits per heavy atom. The molecule has 15 rings (SSSR count). The van der Waals surface area contributed by atoms with Gasteiger partial charge in [-0.1, -0.05) is 97.9 Å². The maximum atomic E-state index is 14.9. The third-order valence-electron chi connectivity index (χ3n) is 19.7. The molecule has 0 bridgehead atoms. The van der Waals surface area contributed by atoms with Gasteiger partial charge in [0.2, 0.25) is 0 Å². The highest BCUT2D eigenvalue weighted by atomic mass is 19.1. The zero-order chi connectivity index (χ0) is 77.1. The first-order valence-electron chi connectivity index (χ1n) is 35.3. The number of halogens is 3. The molecule has 23 nitrogen and oxygen atoms in total. The summed E-state index contributed by atoms with van der Waals surface area (Å²) in [6.07, 6.45) is 9.79. The molecule has 6 aromatic heterocycles. The number of aromatic nitrogens is 9. The van der Waals surface area contributed by atoms with Crippen molar-refractivity contribution in [2.24, 2.45) is 0 Å². The number of amides is 3. The van der Waals surface area contributed by atoms with E-state index in [0.29, 0.717) is 99.8 Å². The lowest BCUT2D eigenvalue weighted by atomic mass is 9.93. The molecule has 12 aromatic rings. The van der Waals surface area contributed by atoms with Crippen LogP contribution in [0.2, 0.25) is 0 Å². The second-order valence-electron chi connectivity index (χ2n) is 26.7. The van der Waals surface area contributed by atoms with Gasteiger partial charge in [-0.05, 0) is 157 Å². The number of carboxylic acids is 3. The number of fused-ring (bicyclic) bond motifs is 6. The van der Waals surface area contributed by atoms with Crippen molar-refractivity contribution < 1.29 is 57.3 Å². The average Bonchev–Trinajstić information content (AvgIpc) is 1.76. The maximum absolute atomic E-state index is 14.9. The lowest BCUT2D eigenvalue weighted by Gasteiger charge is -2.35. The molecule has 4 N–H and O–H groups in total. The molecule has 3 aliphatic rings. The Bertz CT molecular complexity index is 5480. The van der Waals surface area contributed by atoms with Gasteiger partial charge in [-0.2, -0.15) is 24.3 Å². The van der Waals surface area contributed by atoms with Crippen molar-refractivity contribution in [3.05, 3.63) is 272 Å². The van der Waals surface area contributed by atoms with Crippen molar-refractivity contribution in [1.82, 2.24) is 58.5 Å². The van der Waals surface area contributed by atoms with E-state index in [-0.39, 0.29) is 58.2 Å². The van der Waals surface area contributed by atoms with Crippen LogP contribution in [0.15, 0.2) is 182 Å². The lowest BCUT2D eigenvalue weighted by molar-refractivity contribution is -0.132. The summed E-state index contributed by atoms with van der Waals surface area (Å²) in [5.74, 6) is -4.26. The predicted molar refractivity (Wildman–Crippen MR) is 407 cm³/mol. The van der Waals surface area contributed by atoms with Crippen LogP contribution in [-0.4, -0.2) is 150 Å². The first-order chi connectivity index (χ1) is 52.4. The van der Waals surface area contributed by atoms with Crippen molar-refractivity contribution in [3.8, 4) is 33.8 Å². The highest BCUT2D eigenvalue weighted by Gasteiger charge is 2.34. The van der Waals surface area contributed by atoms with Gasteiger partial charge in [-0.15, -0.1) is 0 Å². The Morgan fingerprint density at radius 2 is 0.798 bits per heavy atom. The molecule has 0 saturated heterocycles. The third-order valence-corrected chi connectivity index (χ3v) is 19.7. The fourth-order valence-electron chi connectivity index (χ4n) is 14.1. The van der Waals surface area contributed by atoms with E-state index in [1.165, 1.54) is 63.7 Å². The molecule has 9 heterocycles. The topological polar surface area (TPSA) is 279 Å². The fraction of sp³-hybridized carbons (Fsp3) is 0.205. The summed E-state index contributed by atoms with van der Waals surface area (Å²) in [6.45, 7) is 9.84. The van der Waals surface area contributed by atoms with Gasteiger partial charge in [-0.3, -0.25) is 14.4 Å². The molecule has 0 saturated carbocycles. The van der Waals surface area contributed by atoms with E-state index in [0.717, 1.165) is 59.9 Å². The van der Waals surface area contributed by atoms with Gasteiger partial charge in [-0.25, -0.2) is 47.0 Å². The van der Waals surface area contributed by atoms with Crippen molar-refractivity contribution >= 4 is 82.4 Å². The highest BCUT2D eigenvalue weighted by molar-refractivity contribution is 5.96. The van der Waals surface area contributed by atoms with E-state index >= 15 is 0 Å². The van der Waals surface area contributed by atoms with Gasteiger partial charge >= 0.3 is 17.9 Å². The van der Waals surface area contributed by atoms with Gasteiger partial charge in [0.1, 0.15) is 46.2 Å². The first kappa shape index (κ1) is 73.9. The van der Waals surface area contributed by atoms with Crippen molar-refractivity contribution in [2.75, 3.05) is 51.0 Å². The summed E-state index contributed by atoms with van der Waals surface area (Å²) in [5.41, 5.74) is 13.3. The quantitative estimate of drug-likeness (QED) is 0.0694. The molecule has 3 amide bonds. The van der Waals surface area contributed by atoms with Crippen LogP contribution >= 0.6 is 0 Å². The number of aliphatic carboxylic acids is 3. The largest absolute Gasteiger partial charge is 0.478 e. The number of carbonyl (C=O) groups is 6. The Kier molecular flexibility index (Phi) is 21.3. The Balaban J connectivity index is 0.000000144. The van der Waals surface area contributed by atoms with Crippen LogP contribution in [0, 0.1) is 17.5 Å². The molecule has 0 spiro atoms. The van der Waals surface area contributed by atoms with Gasteiger partial charge < -0.3 is 40.2 Å². The molecule has 3 aliphatic heterocycles. The SMILES string of the molecule is CC1c2ccccc2CCN1C(=O)c1cc(N(C)C)n2nc(-c3ccc(/C=C/C(=O)O)cc3F)cc2n1.CCc1cc(C(=O)N2CCc3ccccc3C2C)nc2cc(-c3ccc(/C=C/C(=O)O)cc3F)nn12.CNc1cc(C(=O)N2CCc3ccccc3C2C)nc2cc(-c3ccc(/C=C/C(=O)O)cc3F)nn12. The van der Waals surface area contributed by atoms with Crippen molar-refractivity contribution in [1.29, 1.82) is 0 Å². The minimum absolute atomic E-state index is 0.0613. The Labute approximate surface area is 623 Å². The minimum atomic E-state index is -1.11. The Hall–Kier alpha value is -13.4. The standard InChI is InChI=1S/C28H26FN5O3.C28H25FN4O3.C27H24FN5O3/c1-17-20-7-5-4-6-19(20)12-13-33(17)28(37)24-16-26(32(2)3)34-25(30-24)15-23(31-34)21-10-8-18(14-22(21)29)9-11-27(35)36;1-3-20-15-25(28(36)32-13-12-19-6-4-5-7-21(19)17(32)2)30-26-16-24(31-33(20)26)22-10-8-18(14-23(22)29)9-11-27(34)35;1-16-19-6-4-3-5-18(19)11-12-32(16)27(36)23-15-24(29-2)33-25(30-23)14-22(31-33)20-9-7-17(13-21(20)28)8-10-26(34)35/h4-11,14-17H,12-13H2,1-3H3,(H,35,36);4-11,14-17H,3,12-13H2,1-2H3,(H,34,35);3-10,13-16,29H,11-12H2,1-2H3,(H,34,35)/b2*11-9+;10-8+. The molecule has 109 heavy (non-hydrogen) atoms. The summed E-state index contributed by atoms with van der Waals surface area (Å²) in [6, 6.07) is 47.6. The second-order valence-corrected chi connectivity index (χ2v) is 26.7. The number of carbonyl (C=O) groups excluding carboxylic acids is 3. The summed E-state index contributed by atoms with van der Waals surface area (Å²) >= 11 is 0. The number of anilines is 2. The number of nitrogens with one attached hydrogen (secondary N) is 1. The van der Waals surface area contributed by atoms with E-state index in [9.17, 15) is 41.9 Å². The number of hydrogen-bond donors (Lipinski definition) is 4. The van der Waals surface area contributed by atoms with Crippen LogP contribution in [0.3, 0.4) is 0 Å². The summed E-state index contributed by atoms with van der Waals surface area (Å²) in [5, 5.41) is 43.0. The summed E-state index contributed by atoms with van der Waals surface area (Å²) in [4.78, 5) is 94.0. The number of nitrogens with zero attached hydrogens (tertiary/aromatic N) is 13. The predicted octanol–water partition coefficient (Wildman–Crippen LogP) is 13.8. The maximum Gasteiger partial charge on any atom is 0.328 e. The molecule has 0 radical (unpaired) electrons. The first-order valence-corrected chi connectivity index (χ1v) is 35.3. The minimum Gasteiger partial charge on any atom is -0.478 e. The van der Waals surface area contributed by atoms with Crippen molar-refractivity contribution in [3.63, 3.8) is 0 Å². The van der Waals surface area contributed by atoms with E-state index in [2.05, 4.69) is 72.0 Å². The number of rotatable bonds is 15. The molecule has 6 aromatic carbocycles. The number of carboxylic acid groups (broad SMARTS) is 3. The number of benzene rings is 6. The van der Waals surface area contributed by atoms with E-state index < -0.39 is 35.4 Å². The third kappa shape index (κ3) is 15.5. The monoisotopic (exact) mass is 1470 g/mol. The molecule has 0 fully saturated rings. The summed E-state index contributed by atoms with van der Waals surface area (Å²) < 4.78 is 49.4. The van der Waals surface area contributed by atoms with Crippen LogP contribution in [-0.2, 0) is 40.1 Å². The normalized spacial score (nSPS) is 15.3. The molecule has 26 heteroatoms. The average molecular weight is 1470 g/mol. The van der Waals surface area contributed by atoms with Crippen molar-refractivity contribution in [2.45, 2.75) is 71.5 Å². The molecule has 0 aliphatic carbocycles. The van der Waals surface area contributed by atoms with Gasteiger partial charge in [0, 0.05) is 112 Å². The van der Waals surface area contributed by atoms with Gasteiger partial charge in [0.15, 0.2) is 16.9 Å². The summed E-state index contributed by atoms with van der Waals surface area (Å²) in [7, 11) is 5.40. The highest BCUT2D eigenvalue weighted by Crippen LogP contribution is 2.36. The lowest BCUT2D eigenvalue weighted by Crippen LogP contribution is -2.39. The molecular formula is C83H75F3N14O9. The van der Waals surface area contributed by atoms with Crippen LogP contribution in [0.1, 0.15) is 133 Å². The van der Waals surface area contributed by atoms with Crippen LogP contribution in [0.25, 0.3) is 68.9 Å². The zero-order valence-electron chi connectivity index (χ0n) is 60.5. The number of aryl methyl sites for hydroxylation is 1. The van der Waals surface area contributed by atoms with E-state index in [1.54, 1.807) is 82.8 Å². The second kappa shape index (κ2) is 31.4. The van der Waals surface area contributed by atoms with Crippen LogP contribution in [0.4, 0.5) is 24.8 Å². The molecular weight excluding hydrogens is 1390 g/mol. The van der Waals surface area contributed by atoms with Gasteiger partial charge in [0.25, 0.3) is 17.7 Å². The van der Waals surface area contributed by atoms with Gasteiger partial charge in [0.05, 0.1) is 35.2 Å². The number of hydrogen-bond acceptors (Lipinski definition) is 14. The zero-order valence-corrected chi connectivity index (χ0v) is 60.5. The molecule has 3 unspecified atom stereocenters. The molecule has 552 valence electrons. The fourth-order valence-corrected chi connectivity index (χ4v) is 14.1. The van der Waals surface area contributed by atoms with E-state index in [1.807, 2.05) is 97.8 Å². The Morgan fingerprint density at radius 1 is 0.459 bits per heavy atom. The smallest absolute Gasteiger partial charge is 0.328 e. The van der Waals surface area contributed by atoms with Crippen LogP contribution < -0.4 is 10.2 Å². The molecule has 3 atom stereocenters. The van der Waals surface area contributed by atoms with Crippen LogP contribution in [0.5, 0.6) is 0 Å². The van der Waals surface area contributed by atoms with E-state index in [4.69, 9.17) is 15.3 Å².